The van der Waals surface area contributed by atoms with Crippen LogP contribution in [0.4, 0.5) is 5.82 Å². The van der Waals surface area contributed by atoms with E-state index in [9.17, 15) is 0 Å². The predicted molar refractivity (Wildman–Crippen MR) is 64.0 cm³/mol. The number of anilines is 1. The lowest BCUT2D eigenvalue weighted by atomic mass is 10.2. The Bertz CT molecular complexity index is 422. The van der Waals surface area contributed by atoms with Gasteiger partial charge in [-0.2, -0.15) is 17.0 Å². The largest absolute Gasteiger partial charge is 0.384 e. The third-order valence-corrected chi connectivity index (χ3v) is 4.32. The Hall–Kier alpha value is -1.08. The molecule has 1 aliphatic heterocycles. The third kappa shape index (κ3) is 1.51. The minimum absolute atomic E-state index is 0.482. The highest BCUT2D eigenvalue weighted by atomic mass is 32.2. The molecule has 2 N–H and O–H groups in total. The Balaban J connectivity index is 2.52. The molecule has 1 aromatic heterocycles. The number of thioether (sulfide) groups is 1. The van der Waals surface area contributed by atoms with Crippen LogP contribution in [0, 0.1) is 25.2 Å². The molecule has 2 heterocycles. The van der Waals surface area contributed by atoms with Gasteiger partial charge in [0.05, 0.1) is 5.56 Å². The van der Waals surface area contributed by atoms with E-state index in [1.165, 1.54) is 5.75 Å². The van der Waals surface area contributed by atoms with Crippen LogP contribution in [0.25, 0.3) is 0 Å². The van der Waals surface area contributed by atoms with E-state index in [-0.39, 0.29) is 0 Å². The average Bonchev–Trinajstić information content (AvgIpc) is 2.77. The molecule has 1 aromatic rings. The second-order valence-electron chi connectivity index (χ2n) is 3.97. The molecule has 3 nitrogen and oxygen atoms in total. The summed E-state index contributed by atoms with van der Waals surface area (Å²) in [5.41, 5.74) is 8.87. The Kier molecular flexibility index (Phi) is 2.66. The van der Waals surface area contributed by atoms with Gasteiger partial charge in [-0.3, -0.25) is 0 Å². The van der Waals surface area contributed by atoms with Crippen molar-refractivity contribution in [1.82, 2.24) is 4.57 Å². The van der Waals surface area contributed by atoms with E-state index in [2.05, 4.69) is 17.6 Å². The molecular weight excluding hydrogens is 206 g/mol. The van der Waals surface area contributed by atoms with Crippen molar-refractivity contribution in [2.45, 2.75) is 26.3 Å². The number of nitriles is 1. The Morgan fingerprint density at radius 2 is 2.27 bits per heavy atom. The molecule has 1 saturated heterocycles. The second-order valence-corrected chi connectivity index (χ2v) is 5.12. The van der Waals surface area contributed by atoms with Crippen LogP contribution in [0.15, 0.2) is 0 Å². The molecule has 2 rings (SSSR count). The second kappa shape index (κ2) is 3.82. The smallest absolute Gasteiger partial charge is 0.122 e. The van der Waals surface area contributed by atoms with Gasteiger partial charge in [0.2, 0.25) is 0 Å². The first-order chi connectivity index (χ1) is 7.16. The van der Waals surface area contributed by atoms with Crippen LogP contribution in [-0.4, -0.2) is 16.1 Å². The van der Waals surface area contributed by atoms with Crippen molar-refractivity contribution in [3.8, 4) is 6.07 Å². The molecular formula is C11H15N3S. The Labute approximate surface area is 94.3 Å². The lowest BCUT2D eigenvalue weighted by molar-refractivity contribution is 0.557. The highest BCUT2D eigenvalue weighted by Gasteiger charge is 2.24. The number of nitrogens with two attached hydrogens (primary N) is 1. The quantitative estimate of drug-likeness (QED) is 0.791. The molecule has 0 radical (unpaired) electrons. The van der Waals surface area contributed by atoms with E-state index in [0.717, 1.165) is 23.4 Å². The SMILES string of the molecule is Cc1c(C#N)c(N)n(C2CCSC2)c1C. The van der Waals surface area contributed by atoms with Crippen LogP contribution >= 0.6 is 11.8 Å². The van der Waals surface area contributed by atoms with Gasteiger partial charge < -0.3 is 10.3 Å². The Morgan fingerprint density at radius 1 is 1.53 bits per heavy atom. The first-order valence-electron chi connectivity index (χ1n) is 5.11. The zero-order valence-corrected chi connectivity index (χ0v) is 9.90. The number of rotatable bonds is 1. The van der Waals surface area contributed by atoms with Crippen molar-refractivity contribution in [1.29, 1.82) is 5.26 Å². The van der Waals surface area contributed by atoms with E-state index < -0.39 is 0 Å². The van der Waals surface area contributed by atoms with Crippen LogP contribution in [0.1, 0.15) is 29.3 Å². The average molecular weight is 221 g/mol. The summed E-state index contributed by atoms with van der Waals surface area (Å²) in [6.07, 6.45) is 1.16. The van der Waals surface area contributed by atoms with Crippen molar-refractivity contribution in [3.05, 3.63) is 16.8 Å². The Morgan fingerprint density at radius 3 is 2.73 bits per heavy atom. The maximum atomic E-state index is 9.03. The summed E-state index contributed by atoms with van der Waals surface area (Å²) in [4.78, 5) is 0. The maximum Gasteiger partial charge on any atom is 0.122 e. The van der Waals surface area contributed by atoms with Gasteiger partial charge in [0.15, 0.2) is 0 Å². The highest BCUT2D eigenvalue weighted by molar-refractivity contribution is 7.99. The molecule has 1 fully saturated rings. The normalized spacial score (nSPS) is 20.5. The number of hydrogen-bond donors (Lipinski definition) is 1. The van der Waals surface area contributed by atoms with Crippen LogP contribution < -0.4 is 5.73 Å². The van der Waals surface area contributed by atoms with Gasteiger partial charge in [0.25, 0.3) is 0 Å². The van der Waals surface area contributed by atoms with E-state index in [1.54, 1.807) is 0 Å². The standard InChI is InChI=1S/C11H15N3S/c1-7-8(2)14(9-3-4-15-6-9)11(13)10(7)5-12/h9H,3-4,6,13H2,1-2H3. The molecule has 15 heavy (non-hydrogen) atoms. The lowest BCUT2D eigenvalue weighted by Gasteiger charge is -2.15. The van der Waals surface area contributed by atoms with Crippen molar-refractivity contribution >= 4 is 17.6 Å². The zero-order chi connectivity index (χ0) is 11.0. The monoisotopic (exact) mass is 221 g/mol. The van der Waals surface area contributed by atoms with E-state index >= 15 is 0 Å². The van der Waals surface area contributed by atoms with Gasteiger partial charge in [0.1, 0.15) is 11.9 Å². The number of aromatic nitrogens is 1. The minimum Gasteiger partial charge on any atom is -0.384 e. The molecule has 1 atom stereocenters. The molecule has 1 unspecified atom stereocenters. The first-order valence-corrected chi connectivity index (χ1v) is 6.27. The zero-order valence-electron chi connectivity index (χ0n) is 9.08. The molecule has 4 heteroatoms. The summed E-state index contributed by atoms with van der Waals surface area (Å²) in [5, 5.41) is 9.03. The molecule has 1 aliphatic rings. The summed E-state index contributed by atoms with van der Waals surface area (Å²) in [7, 11) is 0. The van der Waals surface area contributed by atoms with Gasteiger partial charge in [-0.25, -0.2) is 0 Å². The number of nitrogens with zero attached hydrogens (tertiary/aromatic N) is 2. The lowest BCUT2D eigenvalue weighted by Crippen LogP contribution is -2.12. The fourth-order valence-electron chi connectivity index (χ4n) is 2.19. The molecule has 0 aliphatic carbocycles. The highest BCUT2D eigenvalue weighted by Crippen LogP contribution is 2.34. The maximum absolute atomic E-state index is 9.03. The van der Waals surface area contributed by atoms with Crippen LogP contribution in [0.3, 0.4) is 0 Å². The number of hydrogen-bond acceptors (Lipinski definition) is 3. The topological polar surface area (TPSA) is 54.7 Å². The van der Waals surface area contributed by atoms with Crippen molar-refractivity contribution in [2.75, 3.05) is 17.2 Å². The van der Waals surface area contributed by atoms with Gasteiger partial charge in [-0.1, -0.05) is 0 Å². The molecule has 0 aromatic carbocycles. The van der Waals surface area contributed by atoms with Gasteiger partial charge in [0, 0.05) is 17.5 Å². The van der Waals surface area contributed by atoms with Gasteiger partial charge in [-0.05, 0) is 31.6 Å². The van der Waals surface area contributed by atoms with Crippen LogP contribution in [0.5, 0.6) is 0 Å². The van der Waals surface area contributed by atoms with E-state index in [1.807, 2.05) is 18.7 Å². The molecule has 0 saturated carbocycles. The van der Waals surface area contributed by atoms with E-state index in [4.69, 9.17) is 11.0 Å². The van der Waals surface area contributed by atoms with Crippen molar-refractivity contribution in [2.24, 2.45) is 0 Å². The first kappa shape index (κ1) is 10.4. The van der Waals surface area contributed by atoms with Crippen LogP contribution in [0.2, 0.25) is 0 Å². The van der Waals surface area contributed by atoms with E-state index in [0.29, 0.717) is 17.4 Å². The summed E-state index contributed by atoms with van der Waals surface area (Å²) in [6.45, 7) is 4.03. The molecule has 0 spiro atoms. The summed E-state index contributed by atoms with van der Waals surface area (Å²) in [6, 6.07) is 2.68. The van der Waals surface area contributed by atoms with Crippen molar-refractivity contribution < 1.29 is 0 Å². The van der Waals surface area contributed by atoms with Gasteiger partial charge >= 0.3 is 0 Å². The third-order valence-electron chi connectivity index (χ3n) is 3.18. The summed E-state index contributed by atoms with van der Waals surface area (Å²) >= 11 is 1.96. The minimum atomic E-state index is 0.482. The predicted octanol–water partition coefficient (Wildman–Crippen LogP) is 2.24. The van der Waals surface area contributed by atoms with Gasteiger partial charge in [-0.15, -0.1) is 0 Å². The summed E-state index contributed by atoms with van der Waals surface area (Å²) < 4.78 is 2.15. The molecule has 80 valence electrons. The molecule has 0 amide bonds. The molecule has 0 bridgehead atoms. The van der Waals surface area contributed by atoms with Crippen molar-refractivity contribution in [3.63, 3.8) is 0 Å². The number of nitrogen functional groups attached to an aromatic ring is 1. The summed E-state index contributed by atoms with van der Waals surface area (Å²) in [5.74, 6) is 2.96. The van der Waals surface area contributed by atoms with Crippen LogP contribution in [-0.2, 0) is 0 Å². The fraction of sp³-hybridized carbons (Fsp3) is 0.545. The fourth-order valence-corrected chi connectivity index (χ4v) is 3.39.